The number of benzene rings is 4. The zero-order chi connectivity index (χ0) is 35.3. The van der Waals surface area contributed by atoms with Crippen LogP contribution in [0.3, 0.4) is 0 Å². The third kappa shape index (κ3) is 8.62. The molecular formula is C33H29F3N3O8PS. The molecule has 1 aliphatic rings. The number of nitrogens with one attached hydrogen (secondary N) is 2. The first-order valence-electron chi connectivity index (χ1n) is 14.6. The van der Waals surface area contributed by atoms with Gasteiger partial charge in [0.15, 0.2) is 0 Å². The zero-order valence-electron chi connectivity index (χ0n) is 25.3. The first-order chi connectivity index (χ1) is 23.2. The fourth-order valence-electron chi connectivity index (χ4n) is 5.01. The van der Waals surface area contributed by atoms with Crippen molar-refractivity contribution in [3.63, 3.8) is 0 Å². The standard InChI is InChI=1S/C33H29F3N3O8PS/c34-23-4-3-5-25(17-23)47-24-14-10-21(11-15-24)18-39-28-6-1-2-7-29(28)49-19-27(31(39)41)37-30(40)26(38-32(42)43)16-20-8-12-22(13-9-20)33(35,36)48(44,45)46/h1-15,17,26-27,38H,16,18-19H2,(H,37,40)(H,42,43)(H2,44,45,46). The van der Waals surface area contributed by atoms with E-state index in [9.17, 15) is 37.2 Å². The number of halogens is 3. The molecule has 0 aromatic heterocycles. The molecule has 0 saturated heterocycles. The number of hydrogen-bond acceptors (Lipinski definition) is 6. The van der Waals surface area contributed by atoms with Crippen molar-refractivity contribution in [3.8, 4) is 11.5 Å². The fraction of sp³-hybridized carbons (Fsp3) is 0.182. The molecule has 0 radical (unpaired) electrons. The molecule has 256 valence electrons. The molecule has 0 bridgehead atoms. The average molecular weight is 716 g/mol. The highest BCUT2D eigenvalue weighted by Gasteiger charge is 2.50. The topological polar surface area (TPSA) is 166 Å². The number of nitrogens with zero attached hydrogens (tertiary/aromatic N) is 1. The third-order valence-electron chi connectivity index (χ3n) is 7.46. The van der Waals surface area contributed by atoms with E-state index in [4.69, 9.17) is 14.5 Å². The number of para-hydroxylation sites is 1. The molecule has 4 aromatic rings. The highest BCUT2D eigenvalue weighted by molar-refractivity contribution is 7.99. The van der Waals surface area contributed by atoms with Crippen LogP contribution in [0.5, 0.6) is 11.5 Å². The maximum absolute atomic E-state index is 14.1. The molecule has 11 nitrogen and oxygen atoms in total. The first-order valence-corrected chi connectivity index (χ1v) is 17.2. The number of alkyl halides is 2. The van der Waals surface area contributed by atoms with Crippen molar-refractivity contribution in [2.75, 3.05) is 10.7 Å². The lowest BCUT2D eigenvalue weighted by molar-refractivity contribution is -0.128. The minimum Gasteiger partial charge on any atom is -0.465 e. The van der Waals surface area contributed by atoms with Crippen LogP contribution in [0.1, 0.15) is 16.7 Å². The largest absolute Gasteiger partial charge is 0.465 e. The Hall–Kier alpha value is -4.82. The Bertz CT molecular complexity index is 1890. The monoisotopic (exact) mass is 715 g/mol. The molecule has 3 amide bonds. The first kappa shape index (κ1) is 35.5. The molecule has 0 aliphatic carbocycles. The molecule has 1 heterocycles. The number of carbonyl (C=O) groups excluding carboxylic acids is 2. The van der Waals surface area contributed by atoms with Crippen LogP contribution < -0.4 is 20.3 Å². The number of thioether (sulfide) groups is 1. The normalized spacial score (nSPS) is 15.5. The Labute approximate surface area is 282 Å². The molecule has 1 aliphatic heterocycles. The smallest absolute Gasteiger partial charge is 0.405 e. The Kier molecular flexibility index (Phi) is 10.7. The number of anilines is 1. The van der Waals surface area contributed by atoms with Gasteiger partial charge in [0.25, 0.3) is 5.91 Å². The van der Waals surface area contributed by atoms with E-state index >= 15 is 0 Å². The van der Waals surface area contributed by atoms with Gasteiger partial charge in [-0.15, -0.1) is 11.8 Å². The molecule has 5 rings (SSSR count). The van der Waals surface area contributed by atoms with Crippen molar-refractivity contribution in [2.24, 2.45) is 0 Å². The fourth-order valence-corrected chi connectivity index (χ4v) is 6.57. The van der Waals surface area contributed by atoms with E-state index in [-0.39, 0.29) is 24.3 Å². The Morgan fingerprint density at radius 1 is 0.959 bits per heavy atom. The predicted octanol–water partition coefficient (Wildman–Crippen LogP) is 5.85. The lowest BCUT2D eigenvalue weighted by atomic mass is 10.0. The molecule has 0 fully saturated rings. The number of amides is 3. The van der Waals surface area contributed by atoms with Crippen LogP contribution in [-0.2, 0) is 32.8 Å². The van der Waals surface area contributed by atoms with E-state index in [1.165, 1.54) is 34.9 Å². The van der Waals surface area contributed by atoms with Crippen molar-refractivity contribution >= 4 is 43.0 Å². The van der Waals surface area contributed by atoms with Gasteiger partial charge in [-0.25, -0.2) is 9.18 Å². The van der Waals surface area contributed by atoms with Gasteiger partial charge in [0.2, 0.25) is 5.91 Å². The van der Waals surface area contributed by atoms with Gasteiger partial charge in [0.1, 0.15) is 29.4 Å². The number of carboxylic acid groups (broad SMARTS) is 1. The molecule has 2 unspecified atom stereocenters. The van der Waals surface area contributed by atoms with Gasteiger partial charge in [-0.2, -0.15) is 8.78 Å². The Morgan fingerprint density at radius 2 is 1.63 bits per heavy atom. The minimum absolute atomic E-state index is 0.103. The minimum atomic E-state index is -5.81. The lowest BCUT2D eigenvalue weighted by Crippen LogP contribution is -2.55. The summed E-state index contributed by atoms with van der Waals surface area (Å²) in [5.74, 6) is -0.891. The summed E-state index contributed by atoms with van der Waals surface area (Å²) in [7, 11) is -5.81. The van der Waals surface area contributed by atoms with Crippen molar-refractivity contribution in [1.29, 1.82) is 0 Å². The van der Waals surface area contributed by atoms with Crippen LogP contribution in [0.4, 0.5) is 23.7 Å². The number of rotatable bonds is 11. The maximum atomic E-state index is 14.1. The molecule has 5 N–H and O–H groups in total. The van der Waals surface area contributed by atoms with E-state index in [0.717, 1.165) is 29.2 Å². The molecule has 16 heteroatoms. The molecule has 0 saturated carbocycles. The molecule has 0 spiro atoms. The van der Waals surface area contributed by atoms with Gasteiger partial charge in [-0.3, -0.25) is 14.2 Å². The van der Waals surface area contributed by atoms with Gasteiger partial charge in [-0.05, 0) is 47.5 Å². The van der Waals surface area contributed by atoms with Gasteiger partial charge in [0, 0.05) is 28.7 Å². The second kappa shape index (κ2) is 14.7. The molecule has 49 heavy (non-hydrogen) atoms. The van der Waals surface area contributed by atoms with Gasteiger partial charge >= 0.3 is 19.4 Å². The van der Waals surface area contributed by atoms with E-state index < -0.39 is 54.6 Å². The van der Waals surface area contributed by atoms with Crippen molar-refractivity contribution in [2.45, 2.75) is 35.6 Å². The van der Waals surface area contributed by atoms with Crippen molar-refractivity contribution in [3.05, 3.63) is 120 Å². The summed E-state index contributed by atoms with van der Waals surface area (Å²) in [5, 5.41) is 14.1. The van der Waals surface area contributed by atoms with Crippen LogP contribution in [0.2, 0.25) is 0 Å². The maximum Gasteiger partial charge on any atom is 0.405 e. The van der Waals surface area contributed by atoms with E-state index in [1.807, 2.05) is 6.07 Å². The van der Waals surface area contributed by atoms with Crippen LogP contribution in [0.25, 0.3) is 0 Å². The van der Waals surface area contributed by atoms with E-state index in [0.29, 0.717) is 22.7 Å². The van der Waals surface area contributed by atoms with Crippen molar-refractivity contribution < 1.29 is 51.8 Å². The number of fused-ring (bicyclic) bond motifs is 1. The van der Waals surface area contributed by atoms with Crippen LogP contribution in [0, 0.1) is 5.82 Å². The van der Waals surface area contributed by atoms with Gasteiger partial charge in [0.05, 0.1) is 12.2 Å². The molecular weight excluding hydrogens is 686 g/mol. The number of carbonyl (C=O) groups is 3. The Balaban J connectivity index is 1.32. The Morgan fingerprint density at radius 3 is 2.29 bits per heavy atom. The summed E-state index contributed by atoms with van der Waals surface area (Å²) in [6.07, 6.45) is -1.87. The second-order valence-electron chi connectivity index (χ2n) is 11.0. The highest BCUT2D eigenvalue weighted by Crippen LogP contribution is 2.59. The second-order valence-corrected chi connectivity index (χ2v) is 13.7. The van der Waals surface area contributed by atoms with Crippen LogP contribution in [-0.4, -0.2) is 50.6 Å². The van der Waals surface area contributed by atoms with E-state index in [2.05, 4.69) is 10.6 Å². The SMILES string of the molecule is O=C(O)NC(Cc1ccc(C(F)(F)P(=O)(O)O)cc1)C(=O)NC1CSc2ccccc2N(Cc2ccc(Oc3cccc(F)c3)cc2)C1=O. The lowest BCUT2D eigenvalue weighted by Gasteiger charge is -2.27. The number of ether oxygens (including phenoxy) is 1. The summed E-state index contributed by atoms with van der Waals surface area (Å²) >= 11 is 1.32. The summed E-state index contributed by atoms with van der Waals surface area (Å²) in [4.78, 5) is 59.2. The van der Waals surface area contributed by atoms with Crippen LogP contribution >= 0.6 is 19.4 Å². The van der Waals surface area contributed by atoms with Gasteiger partial charge in [-0.1, -0.05) is 54.6 Å². The summed E-state index contributed by atoms with van der Waals surface area (Å²) in [5.41, 5.74) is -3.88. The number of hydrogen-bond donors (Lipinski definition) is 5. The van der Waals surface area contributed by atoms with E-state index in [1.54, 1.807) is 48.5 Å². The zero-order valence-corrected chi connectivity index (χ0v) is 27.0. The highest BCUT2D eigenvalue weighted by atomic mass is 32.2. The summed E-state index contributed by atoms with van der Waals surface area (Å²) < 4.78 is 58.7. The van der Waals surface area contributed by atoms with Crippen molar-refractivity contribution in [1.82, 2.24) is 10.6 Å². The average Bonchev–Trinajstić information content (AvgIpc) is 3.17. The summed E-state index contributed by atoms with van der Waals surface area (Å²) in [6.45, 7) is 0.103. The summed E-state index contributed by atoms with van der Waals surface area (Å²) in [6, 6.07) is 20.9. The van der Waals surface area contributed by atoms with Crippen LogP contribution in [0.15, 0.2) is 102 Å². The third-order valence-corrected chi connectivity index (χ3v) is 9.61. The predicted molar refractivity (Wildman–Crippen MR) is 174 cm³/mol. The quantitative estimate of drug-likeness (QED) is 0.120. The molecule has 2 atom stereocenters. The molecule has 4 aromatic carbocycles. The van der Waals surface area contributed by atoms with Gasteiger partial charge < -0.3 is 35.2 Å².